The molecule has 1 aliphatic rings. The quantitative estimate of drug-likeness (QED) is 0.831. The smallest absolute Gasteiger partial charge is 0.260 e. The summed E-state index contributed by atoms with van der Waals surface area (Å²) in [7, 11) is 0.0241. The molecule has 8 heteroatoms. The minimum absolute atomic E-state index is 0.0712. The molecule has 0 radical (unpaired) electrons. The standard InChI is InChI=1S/C16H19N5O2S/c1-19(14-5-3-4-13(10-14)11-17)15-7-9-21(12-15)24(22,23)16-6-8-18-20(16)2/h3-6,8,10,15H,7,9,12H2,1-2H3. The maximum Gasteiger partial charge on any atom is 0.260 e. The van der Waals surface area contributed by atoms with Crippen LogP contribution in [0.5, 0.6) is 0 Å². The van der Waals surface area contributed by atoms with Crippen LogP contribution in [-0.2, 0) is 17.1 Å². The predicted molar refractivity (Wildman–Crippen MR) is 89.9 cm³/mol. The van der Waals surface area contributed by atoms with Crippen LogP contribution < -0.4 is 4.90 Å². The highest BCUT2D eigenvalue weighted by Crippen LogP contribution is 2.26. The first-order valence-electron chi connectivity index (χ1n) is 7.64. The first-order chi connectivity index (χ1) is 11.4. The minimum atomic E-state index is -3.53. The number of sulfonamides is 1. The van der Waals surface area contributed by atoms with E-state index < -0.39 is 10.0 Å². The summed E-state index contributed by atoms with van der Waals surface area (Å²) in [5.41, 5.74) is 1.51. The number of anilines is 1. The van der Waals surface area contributed by atoms with Gasteiger partial charge in [0.1, 0.15) is 0 Å². The van der Waals surface area contributed by atoms with Crippen LogP contribution in [0.1, 0.15) is 12.0 Å². The maximum absolute atomic E-state index is 12.7. The number of hydrogen-bond donors (Lipinski definition) is 0. The third kappa shape index (κ3) is 2.88. The van der Waals surface area contributed by atoms with E-state index in [4.69, 9.17) is 5.26 Å². The molecule has 0 saturated carbocycles. The van der Waals surface area contributed by atoms with Crippen molar-refractivity contribution in [1.29, 1.82) is 5.26 Å². The number of aryl methyl sites for hydroxylation is 1. The van der Waals surface area contributed by atoms with Crippen molar-refractivity contribution in [2.24, 2.45) is 7.05 Å². The monoisotopic (exact) mass is 345 g/mol. The van der Waals surface area contributed by atoms with Gasteiger partial charge in [0, 0.05) is 38.9 Å². The zero-order valence-electron chi connectivity index (χ0n) is 13.6. The number of benzene rings is 1. The van der Waals surface area contributed by atoms with Gasteiger partial charge in [-0.15, -0.1) is 0 Å². The summed E-state index contributed by atoms with van der Waals surface area (Å²) in [6, 6.07) is 11.1. The van der Waals surface area contributed by atoms with E-state index in [1.165, 1.54) is 21.3 Å². The van der Waals surface area contributed by atoms with Crippen molar-refractivity contribution in [2.45, 2.75) is 17.5 Å². The summed E-state index contributed by atoms with van der Waals surface area (Å²) in [5, 5.41) is 13.2. The zero-order valence-corrected chi connectivity index (χ0v) is 14.4. The van der Waals surface area contributed by atoms with Crippen LogP contribution in [-0.4, -0.2) is 48.7 Å². The summed E-state index contributed by atoms with van der Waals surface area (Å²) < 4.78 is 28.3. The molecule has 1 aromatic carbocycles. The molecular formula is C16H19N5O2S. The van der Waals surface area contributed by atoms with Crippen molar-refractivity contribution in [1.82, 2.24) is 14.1 Å². The third-order valence-corrected chi connectivity index (χ3v) is 6.38. The van der Waals surface area contributed by atoms with Gasteiger partial charge in [-0.05, 0) is 30.7 Å². The van der Waals surface area contributed by atoms with Gasteiger partial charge in [0.05, 0.1) is 17.8 Å². The SMILES string of the molecule is CN(c1cccc(C#N)c1)C1CCN(S(=O)(=O)c2ccnn2C)C1. The van der Waals surface area contributed by atoms with Gasteiger partial charge in [0.25, 0.3) is 10.0 Å². The molecule has 0 spiro atoms. The second kappa shape index (κ2) is 6.26. The summed E-state index contributed by atoms with van der Waals surface area (Å²) in [4.78, 5) is 2.04. The molecule has 0 aliphatic carbocycles. The largest absolute Gasteiger partial charge is 0.370 e. The Morgan fingerprint density at radius 3 is 2.83 bits per heavy atom. The Labute approximate surface area is 141 Å². The van der Waals surface area contributed by atoms with Gasteiger partial charge in [-0.3, -0.25) is 4.68 Å². The van der Waals surface area contributed by atoms with Gasteiger partial charge in [-0.2, -0.15) is 14.7 Å². The van der Waals surface area contributed by atoms with E-state index in [2.05, 4.69) is 11.2 Å². The van der Waals surface area contributed by atoms with E-state index in [-0.39, 0.29) is 11.1 Å². The second-order valence-electron chi connectivity index (χ2n) is 5.87. The summed E-state index contributed by atoms with van der Waals surface area (Å²) >= 11 is 0. The highest BCUT2D eigenvalue weighted by atomic mass is 32.2. The fourth-order valence-corrected chi connectivity index (χ4v) is 4.59. The van der Waals surface area contributed by atoms with Crippen LogP contribution in [0.25, 0.3) is 0 Å². The van der Waals surface area contributed by atoms with Crippen LogP contribution in [0.2, 0.25) is 0 Å². The van der Waals surface area contributed by atoms with Gasteiger partial charge in [-0.25, -0.2) is 8.42 Å². The highest BCUT2D eigenvalue weighted by molar-refractivity contribution is 7.89. The lowest BCUT2D eigenvalue weighted by molar-refractivity contribution is 0.461. The molecule has 3 rings (SSSR count). The number of rotatable bonds is 4. The van der Waals surface area contributed by atoms with Crippen LogP contribution in [0, 0.1) is 11.3 Å². The van der Waals surface area contributed by atoms with E-state index in [0.717, 1.165) is 12.1 Å². The number of hydrogen-bond acceptors (Lipinski definition) is 5. The van der Waals surface area contributed by atoms with Crippen molar-refractivity contribution in [3.63, 3.8) is 0 Å². The topological polar surface area (TPSA) is 82.2 Å². The van der Waals surface area contributed by atoms with Crippen molar-refractivity contribution in [3.05, 3.63) is 42.1 Å². The van der Waals surface area contributed by atoms with E-state index in [1.54, 1.807) is 13.1 Å². The predicted octanol–water partition coefficient (Wildman–Crippen LogP) is 1.19. The van der Waals surface area contributed by atoms with Crippen LogP contribution in [0.3, 0.4) is 0 Å². The van der Waals surface area contributed by atoms with E-state index in [9.17, 15) is 8.42 Å². The molecular weight excluding hydrogens is 326 g/mol. The molecule has 126 valence electrons. The lowest BCUT2D eigenvalue weighted by atomic mass is 10.1. The molecule has 2 heterocycles. The van der Waals surface area contributed by atoms with Crippen LogP contribution in [0.15, 0.2) is 41.6 Å². The first kappa shape index (κ1) is 16.5. The highest BCUT2D eigenvalue weighted by Gasteiger charge is 2.35. The molecule has 1 atom stereocenters. The zero-order chi connectivity index (χ0) is 17.3. The molecule has 0 amide bonds. The first-order valence-corrected chi connectivity index (χ1v) is 9.08. The third-order valence-electron chi connectivity index (χ3n) is 4.44. The summed E-state index contributed by atoms with van der Waals surface area (Å²) in [6.07, 6.45) is 2.23. The molecule has 2 aromatic rings. The number of likely N-dealkylation sites (N-methyl/N-ethyl adjacent to an activating group) is 1. The average Bonchev–Trinajstić information content (AvgIpc) is 3.23. The number of aromatic nitrogens is 2. The molecule has 24 heavy (non-hydrogen) atoms. The van der Waals surface area contributed by atoms with Gasteiger partial charge >= 0.3 is 0 Å². The Morgan fingerprint density at radius 1 is 1.38 bits per heavy atom. The Morgan fingerprint density at radius 2 is 2.17 bits per heavy atom. The fourth-order valence-electron chi connectivity index (χ4n) is 3.00. The molecule has 1 aliphatic heterocycles. The van der Waals surface area contributed by atoms with Gasteiger partial charge < -0.3 is 4.90 Å². The van der Waals surface area contributed by atoms with Crippen molar-refractivity contribution in [3.8, 4) is 6.07 Å². The van der Waals surface area contributed by atoms with Gasteiger partial charge in [-0.1, -0.05) is 6.07 Å². The Kier molecular flexibility index (Phi) is 4.30. The average molecular weight is 345 g/mol. The summed E-state index contributed by atoms with van der Waals surface area (Å²) in [6.45, 7) is 0.890. The van der Waals surface area contributed by atoms with Crippen LogP contribution >= 0.6 is 0 Å². The molecule has 1 aromatic heterocycles. The second-order valence-corrected chi connectivity index (χ2v) is 7.76. The Balaban J connectivity index is 1.78. The number of nitrogens with zero attached hydrogens (tertiary/aromatic N) is 5. The lowest BCUT2D eigenvalue weighted by Crippen LogP contribution is -2.37. The lowest BCUT2D eigenvalue weighted by Gasteiger charge is -2.27. The molecule has 0 N–H and O–H groups in total. The maximum atomic E-state index is 12.7. The van der Waals surface area contributed by atoms with E-state index >= 15 is 0 Å². The van der Waals surface area contributed by atoms with E-state index in [1.807, 2.05) is 30.1 Å². The molecule has 0 bridgehead atoms. The molecule has 7 nitrogen and oxygen atoms in total. The minimum Gasteiger partial charge on any atom is -0.370 e. The fraction of sp³-hybridized carbons (Fsp3) is 0.375. The van der Waals surface area contributed by atoms with E-state index in [0.29, 0.717) is 18.7 Å². The van der Waals surface area contributed by atoms with Gasteiger partial charge in [0.2, 0.25) is 0 Å². The van der Waals surface area contributed by atoms with Crippen molar-refractivity contribution >= 4 is 15.7 Å². The Hall–Kier alpha value is -2.37. The van der Waals surface area contributed by atoms with Gasteiger partial charge in [0.15, 0.2) is 5.03 Å². The Bertz CT molecular complexity index is 884. The van der Waals surface area contributed by atoms with Crippen molar-refractivity contribution in [2.75, 3.05) is 25.0 Å². The number of nitriles is 1. The molecule has 1 unspecified atom stereocenters. The summed E-state index contributed by atoms with van der Waals surface area (Å²) in [5.74, 6) is 0. The normalized spacial score (nSPS) is 18.5. The van der Waals surface area contributed by atoms with Crippen LogP contribution in [0.4, 0.5) is 5.69 Å². The molecule has 1 saturated heterocycles. The van der Waals surface area contributed by atoms with Crippen molar-refractivity contribution < 1.29 is 8.42 Å². The molecule has 1 fully saturated rings.